The van der Waals surface area contributed by atoms with Crippen LogP contribution in [0.25, 0.3) is 0 Å². The van der Waals surface area contributed by atoms with Gasteiger partial charge in [0.15, 0.2) is 5.76 Å². The third kappa shape index (κ3) is 2.20. The molecule has 4 nitrogen and oxygen atoms in total. The fourth-order valence-electron chi connectivity index (χ4n) is 2.26. The highest BCUT2D eigenvalue weighted by Crippen LogP contribution is 2.39. The Morgan fingerprint density at radius 2 is 2.00 bits per heavy atom. The summed E-state index contributed by atoms with van der Waals surface area (Å²) in [6.45, 7) is 0. The van der Waals surface area contributed by atoms with Crippen LogP contribution < -0.4 is 5.32 Å². The van der Waals surface area contributed by atoms with Crippen molar-refractivity contribution < 1.29 is 27.2 Å². The van der Waals surface area contributed by atoms with E-state index in [1.807, 2.05) is 0 Å². The SMILES string of the molecule is O=C1Nc2ccc(C(F)(F)F)cc2C1C(=O)c1ccco1. The van der Waals surface area contributed by atoms with Crippen LogP contribution in [0.4, 0.5) is 18.9 Å². The van der Waals surface area contributed by atoms with Crippen molar-refractivity contribution in [3.05, 3.63) is 53.5 Å². The predicted octanol–water partition coefficient (Wildman–Crippen LogP) is 3.22. The van der Waals surface area contributed by atoms with Gasteiger partial charge < -0.3 is 9.73 Å². The summed E-state index contributed by atoms with van der Waals surface area (Å²) in [5.74, 6) is -2.73. The van der Waals surface area contributed by atoms with Crippen LogP contribution in [0.3, 0.4) is 0 Å². The Balaban J connectivity index is 2.06. The molecule has 0 saturated carbocycles. The molecule has 1 amide bonds. The lowest BCUT2D eigenvalue weighted by atomic mass is 9.93. The molecule has 0 saturated heterocycles. The van der Waals surface area contributed by atoms with Gasteiger partial charge in [0.2, 0.25) is 11.7 Å². The van der Waals surface area contributed by atoms with Crippen molar-refractivity contribution in [1.82, 2.24) is 0 Å². The van der Waals surface area contributed by atoms with Crippen LogP contribution in [0, 0.1) is 0 Å². The summed E-state index contributed by atoms with van der Waals surface area (Å²) in [7, 11) is 0. The fraction of sp³-hybridized carbons (Fsp3) is 0.143. The van der Waals surface area contributed by atoms with Crippen LogP contribution >= 0.6 is 0 Å². The van der Waals surface area contributed by atoms with E-state index in [0.29, 0.717) is 0 Å². The van der Waals surface area contributed by atoms with E-state index in [1.165, 1.54) is 18.4 Å². The highest BCUT2D eigenvalue weighted by molar-refractivity contribution is 6.20. The van der Waals surface area contributed by atoms with Crippen LogP contribution in [0.2, 0.25) is 0 Å². The van der Waals surface area contributed by atoms with Crippen molar-refractivity contribution in [3.63, 3.8) is 0 Å². The number of alkyl halides is 3. The molecule has 2 aromatic rings. The first-order valence-electron chi connectivity index (χ1n) is 5.97. The molecule has 7 heteroatoms. The molecular weight excluding hydrogens is 287 g/mol. The van der Waals surface area contributed by atoms with Crippen molar-refractivity contribution in [2.24, 2.45) is 0 Å². The quantitative estimate of drug-likeness (QED) is 0.683. The number of fused-ring (bicyclic) bond motifs is 1. The number of ketones is 1. The van der Waals surface area contributed by atoms with E-state index in [9.17, 15) is 22.8 Å². The van der Waals surface area contributed by atoms with Gasteiger partial charge in [-0.25, -0.2) is 0 Å². The Hall–Kier alpha value is -2.57. The molecule has 0 fully saturated rings. The third-order valence-corrected chi connectivity index (χ3v) is 3.24. The van der Waals surface area contributed by atoms with Gasteiger partial charge >= 0.3 is 6.18 Å². The number of amides is 1. The molecule has 1 atom stereocenters. The average Bonchev–Trinajstić information content (AvgIpc) is 3.02. The lowest BCUT2D eigenvalue weighted by Gasteiger charge is -2.10. The molecule has 108 valence electrons. The Labute approximate surface area is 116 Å². The highest BCUT2D eigenvalue weighted by Gasteiger charge is 2.40. The average molecular weight is 295 g/mol. The van der Waals surface area contributed by atoms with E-state index in [2.05, 4.69) is 5.32 Å². The molecule has 1 unspecified atom stereocenters. The molecule has 1 aromatic carbocycles. The van der Waals surface area contributed by atoms with Gasteiger partial charge in [-0.1, -0.05) is 0 Å². The first-order chi connectivity index (χ1) is 9.88. The number of hydrogen-bond acceptors (Lipinski definition) is 3. The first kappa shape index (κ1) is 13.4. The normalized spacial score (nSPS) is 17.5. The number of furan rings is 1. The molecule has 1 aromatic heterocycles. The molecular formula is C14H8F3NO3. The lowest BCUT2D eigenvalue weighted by Crippen LogP contribution is -2.20. The maximum atomic E-state index is 12.7. The van der Waals surface area contributed by atoms with Crippen LogP contribution in [0.1, 0.15) is 27.6 Å². The Morgan fingerprint density at radius 3 is 2.62 bits per heavy atom. The summed E-state index contributed by atoms with van der Waals surface area (Å²) in [6.07, 6.45) is -3.29. The van der Waals surface area contributed by atoms with Crippen LogP contribution in [0.15, 0.2) is 41.0 Å². The van der Waals surface area contributed by atoms with Crippen LogP contribution in [-0.2, 0) is 11.0 Å². The van der Waals surface area contributed by atoms with Crippen molar-refractivity contribution in [3.8, 4) is 0 Å². The summed E-state index contributed by atoms with van der Waals surface area (Å²) >= 11 is 0. The van der Waals surface area contributed by atoms with Crippen molar-refractivity contribution in [1.29, 1.82) is 0 Å². The largest absolute Gasteiger partial charge is 0.461 e. The van der Waals surface area contributed by atoms with Gasteiger partial charge in [-0.3, -0.25) is 9.59 Å². The molecule has 0 aliphatic carbocycles. The van der Waals surface area contributed by atoms with Gasteiger partial charge in [0.1, 0.15) is 5.92 Å². The Kier molecular flexibility index (Phi) is 2.86. The summed E-state index contributed by atoms with van der Waals surface area (Å²) < 4.78 is 43.2. The lowest BCUT2D eigenvalue weighted by molar-refractivity contribution is -0.137. The van der Waals surface area contributed by atoms with Gasteiger partial charge in [-0.05, 0) is 35.9 Å². The number of halogens is 3. The zero-order chi connectivity index (χ0) is 15.2. The maximum Gasteiger partial charge on any atom is 0.416 e. The molecule has 3 rings (SSSR count). The minimum Gasteiger partial charge on any atom is -0.461 e. The fourth-order valence-corrected chi connectivity index (χ4v) is 2.26. The minimum atomic E-state index is -4.54. The number of carbonyl (C=O) groups is 2. The molecule has 1 aliphatic rings. The summed E-state index contributed by atoms with van der Waals surface area (Å²) in [5, 5.41) is 2.40. The standard InChI is InChI=1S/C14H8F3NO3/c15-14(16,17)7-3-4-9-8(6-7)11(13(20)18-9)12(19)10-2-1-5-21-10/h1-6,11H,(H,18,20). The number of carbonyl (C=O) groups excluding carboxylic acids is 2. The molecule has 21 heavy (non-hydrogen) atoms. The van der Waals surface area contributed by atoms with E-state index >= 15 is 0 Å². The topological polar surface area (TPSA) is 59.3 Å². The zero-order valence-corrected chi connectivity index (χ0v) is 10.4. The number of anilines is 1. The summed E-state index contributed by atoms with van der Waals surface area (Å²) in [6, 6.07) is 5.65. The predicted molar refractivity (Wildman–Crippen MR) is 65.9 cm³/mol. The second kappa shape index (κ2) is 4.47. The third-order valence-electron chi connectivity index (χ3n) is 3.24. The zero-order valence-electron chi connectivity index (χ0n) is 10.4. The second-order valence-corrected chi connectivity index (χ2v) is 4.56. The van der Waals surface area contributed by atoms with Crippen LogP contribution in [-0.4, -0.2) is 11.7 Å². The number of rotatable bonds is 2. The van der Waals surface area contributed by atoms with E-state index in [4.69, 9.17) is 4.42 Å². The number of Topliss-reactive ketones (excluding diaryl/α,β-unsaturated/α-hetero) is 1. The van der Waals surface area contributed by atoms with E-state index in [0.717, 1.165) is 18.2 Å². The first-order valence-corrected chi connectivity index (χ1v) is 5.97. The van der Waals surface area contributed by atoms with Crippen molar-refractivity contribution >= 4 is 17.4 Å². The smallest absolute Gasteiger partial charge is 0.416 e. The van der Waals surface area contributed by atoms with E-state index in [1.54, 1.807) is 0 Å². The van der Waals surface area contributed by atoms with Gasteiger partial charge in [0.25, 0.3) is 0 Å². The maximum absolute atomic E-state index is 12.7. The number of hydrogen-bond donors (Lipinski definition) is 1. The highest BCUT2D eigenvalue weighted by atomic mass is 19.4. The molecule has 0 radical (unpaired) electrons. The van der Waals surface area contributed by atoms with Crippen molar-refractivity contribution in [2.45, 2.75) is 12.1 Å². The Bertz CT molecular complexity index is 720. The second-order valence-electron chi connectivity index (χ2n) is 4.56. The number of benzene rings is 1. The Morgan fingerprint density at radius 1 is 1.24 bits per heavy atom. The molecule has 0 spiro atoms. The molecule has 1 N–H and O–H groups in total. The van der Waals surface area contributed by atoms with E-state index < -0.39 is 29.3 Å². The van der Waals surface area contributed by atoms with Gasteiger partial charge in [-0.2, -0.15) is 13.2 Å². The van der Waals surface area contributed by atoms with Crippen molar-refractivity contribution in [2.75, 3.05) is 5.32 Å². The minimum absolute atomic E-state index is 0.0104. The summed E-state index contributed by atoms with van der Waals surface area (Å²) in [4.78, 5) is 24.1. The van der Waals surface area contributed by atoms with Gasteiger partial charge in [0, 0.05) is 5.69 Å². The monoisotopic (exact) mass is 295 g/mol. The summed E-state index contributed by atoms with van der Waals surface area (Å²) in [5.41, 5.74) is -0.691. The van der Waals surface area contributed by atoms with Gasteiger partial charge in [0.05, 0.1) is 11.8 Å². The van der Waals surface area contributed by atoms with Gasteiger partial charge in [-0.15, -0.1) is 0 Å². The van der Waals surface area contributed by atoms with E-state index in [-0.39, 0.29) is 17.0 Å². The number of nitrogens with one attached hydrogen (secondary N) is 1. The molecule has 2 heterocycles. The van der Waals surface area contributed by atoms with Crippen LogP contribution in [0.5, 0.6) is 0 Å². The molecule has 1 aliphatic heterocycles. The molecule has 0 bridgehead atoms.